The van der Waals surface area contributed by atoms with Crippen LogP contribution in [0.5, 0.6) is 5.75 Å². The standard InChI is InChI=1S/C14H19FN2O3/c1-9(2)8-17-12(19)6-7-16-14(20)13-10(15)4-3-5-11(13)18/h3-5,9,18H,6-8H2,1-2H3,(H,16,20)(H,17,19). The molecule has 3 N–H and O–H groups in total. The molecule has 0 radical (unpaired) electrons. The highest BCUT2D eigenvalue weighted by Crippen LogP contribution is 2.19. The fourth-order valence-corrected chi connectivity index (χ4v) is 1.52. The average molecular weight is 282 g/mol. The minimum Gasteiger partial charge on any atom is -0.507 e. The van der Waals surface area contributed by atoms with Crippen LogP contribution in [0, 0.1) is 11.7 Å². The van der Waals surface area contributed by atoms with Gasteiger partial charge in [0.1, 0.15) is 17.1 Å². The van der Waals surface area contributed by atoms with E-state index in [-0.39, 0.29) is 18.9 Å². The number of rotatable bonds is 6. The minimum absolute atomic E-state index is 0.0799. The van der Waals surface area contributed by atoms with Gasteiger partial charge in [0.05, 0.1) is 0 Å². The van der Waals surface area contributed by atoms with Gasteiger partial charge in [0.2, 0.25) is 5.91 Å². The molecule has 5 nitrogen and oxygen atoms in total. The maximum atomic E-state index is 13.4. The van der Waals surface area contributed by atoms with Crippen LogP contribution < -0.4 is 10.6 Å². The van der Waals surface area contributed by atoms with Gasteiger partial charge in [-0.2, -0.15) is 0 Å². The Kier molecular flexibility index (Phi) is 5.96. The summed E-state index contributed by atoms with van der Waals surface area (Å²) in [6.07, 6.45) is 0.105. The predicted molar refractivity (Wildman–Crippen MR) is 72.9 cm³/mol. The van der Waals surface area contributed by atoms with Crippen molar-refractivity contribution in [1.29, 1.82) is 0 Å². The zero-order chi connectivity index (χ0) is 15.1. The summed E-state index contributed by atoms with van der Waals surface area (Å²) >= 11 is 0. The van der Waals surface area contributed by atoms with E-state index in [1.807, 2.05) is 13.8 Å². The lowest BCUT2D eigenvalue weighted by molar-refractivity contribution is -0.121. The lowest BCUT2D eigenvalue weighted by Gasteiger charge is -2.09. The Morgan fingerprint density at radius 3 is 2.60 bits per heavy atom. The molecule has 0 aliphatic heterocycles. The zero-order valence-corrected chi connectivity index (χ0v) is 11.6. The molecule has 0 atom stereocenters. The van der Waals surface area contributed by atoms with Crippen molar-refractivity contribution in [1.82, 2.24) is 10.6 Å². The van der Waals surface area contributed by atoms with E-state index in [0.717, 1.165) is 6.07 Å². The Bertz CT molecular complexity index is 469. The normalized spacial score (nSPS) is 10.4. The lowest BCUT2D eigenvalue weighted by Crippen LogP contribution is -2.32. The van der Waals surface area contributed by atoms with Crippen molar-refractivity contribution in [3.8, 4) is 5.75 Å². The lowest BCUT2D eigenvalue weighted by atomic mass is 10.1. The third-order valence-corrected chi connectivity index (χ3v) is 2.56. The van der Waals surface area contributed by atoms with Crippen LogP contribution >= 0.6 is 0 Å². The number of phenols is 1. The van der Waals surface area contributed by atoms with Gasteiger partial charge < -0.3 is 15.7 Å². The van der Waals surface area contributed by atoms with Crippen molar-refractivity contribution in [2.75, 3.05) is 13.1 Å². The first kappa shape index (κ1) is 15.9. The Balaban J connectivity index is 2.42. The van der Waals surface area contributed by atoms with Gasteiger partial charge in [-0.05, 0) is 18.1 Å². The van der Waals surface area contributed by atoms with Crippen molar-refractivity contribution in [2.45, 2.75) is 20.3 Å². The molecule has 0 heterocycles. The number of benzene rings is 1. The van der Waals surface area contributed by atoms with Crippen LogP contribution in [0.4, 0.5) is 4.39 Å². The molecule has 1 rings (SSSR count). The van der Waals surface area contributed by atoms with Crippen LogP contribution in [0.2, 0.25) is 0 Å². The minimum atomic E-state index is -0.799. The molecule has 0 saturated heterocycles. The first-order valence-electron chi connectivity index (χ1n) is 6.44. The molecule has 0 aliphatic rings. The second-order valence-electron chi connectivity index (χ2n) is 4.84. The third kappa shape index (κ3) is 4.87. The Morgan fingerprint density at radius 2 is 2.00 bits per heavy atom. The molecule has 0 aromatic heterocycles. The van der Waals surface area contributed by atoms with E-state index in [9.17, 15) is 19.1 Å². The fourth-order valence-electron chi connectivity index (χ4n) is 1.52. The number of carbonyl (C=O) groups is 2. The molecular weight excluding hydrogens is 263 g/mol. The number of phenolic OH excluding ortho intramolecular Hbond substituents is 1. The zero-order valence-electron chi connectivity index (χ0n) is 11.6. The molecule has 0 bridgehead atoms. The number of carbonyl (C=O) groups excluding carboxylic acids is 2. The number of hydrogen-bond donors (Lipinski definition) is 3. The SMILES string of the molecule is CC(C)CNC(=O)CCNC(=O)c1c(O)cccc1F. The summed E-state index contributed by atoms with van der Waals surface area (Å²) in [5.41, 5.74) is -0.407. The molecule has 0 aliphatic carbocycles. The van der Waals surface area contributed by atoms with Crippen molar-refractivity contribution >= 4 is 11.8 Å². The van der Waals surface area contributed by atoms with Gasteiger partial charge in [-0.25, -0.2) is 4.39 Å². The van der Waals surface area contributed by atoms with Gasteiger partial charge in [0.25, 0.3) is 5.91 Å². The Labute approximate surface area is 117 Å². The van der Waals surface area contributed by atoms with Crippen LogP contribution in [-0.4, -0.2) is 30.0 Å². The maximum Gasteiger partial charge on any atom is 0.258 e. The fraction of sp³-hybridized carbons (Fsp3) is 0.429. The maximum absolute atomic E-state index is 13.4. The topological polar surface area (TPSA) is 78.4 Å². The predicted octanol–water partition coefficient (Wildman–Crippen LogP) is 1.42. The van der Waals surface area contributed by atoms with Gasteiger partial charge >= 0.3 is 0 Å². The summed E-state index contributed by atoms with van der Waals surface area (Å²) in [7, 11) is 0. The first-order chi connectivity index (χ1) is 9.41. The molecule has 0 fully saturated rings. The van der Waals surface area contributed by atoms with Gasteiger partial charge in [0, 0.05) is 19.5 Å². The number of nitrogens with one attached hydrogen (secondary N) is 2. The number of halogens is 1. The summed E-state index contributed by atoms with van der Waals surface area (Å²) in [6.45, 7) is 4.60. The van der Waals surface area contributed by atoms with Crippen LogP contribution in [0.1, 0.15) is 30.6 Å². The molecular formula is C14H19FN2O3. The number of hydrogen-bond acceptors (Lipinski definition) is 3. The highest BCUT2D eigenvalue weighted by Gasteiger charge is 2.16. The average Bonchev–Trinajstić information content (AvgIpc) is 2.36. The smallest absolute Gasteiger partial charge is 0.258 e. The number of aromatic hydroxyl groups is 1. The molecule has 0 saturated carbocycles. The van der Waals surface area contributed by atoms with Gasteiger partial charge in [0.15, 0.2) is 0 Å². The van der Waals surface area contributed by atoms with E-state index in [4.69, 9.17) is 0 Å². The molecule has 1 aromatic rings. The number of amides is 2. The van der Waals surface area contributed by atoms with E-state index in [1.54, 1.807) is 0 Å². The second kappa shape index (κ2) is 7.47. The highest BCUT2D eigenvalue weighted by atomic mass is 19.1. The summed E-state index contributed by atoms with van der Waals surface area (Å²) in [6, 6.07) is 3.62. The molecule has 6 heteroatoms. The van der Waals surface area contributed by atoms with Crippen molar-refractivity contribution in [2.24, 2.45) is 5.92 Å². The van der Waals surface area contributed by atoms with Crippen molar-refractivity contribution < 1.29 is 19.1 Å². The highest BCUT2D eigenvalue weighted by molar-refractivity contribution is 5.97. The van der Waals surface area contributed by atoms with E-state index in [2.05, 4.69) is 10.6 Å². The van der Waals surface area contributed by atoms with Gasteiger partial charge in [-0.3, -0.25) is 9.59 Å². The second-order valence-corrected chi connectivity index (χ2v) is 4.84. The summed E-state index contributed by atoms with van der Waals surface area (Å²) < 4.78 is 13.4. The van der Waals surface area contributed by atoms with E-state index < -0.39 is 23.0 Å². The molecule has 0 unspecified atom stereocenters. The van der Waals surface area contributed by atoms with Gasteiger partial charge in [-0.1, -0.05) is 19.9 Å². The van der Waals surface area contributed by atoms with Gasteiger partial charge in [-0.15, -0.1) is 0 Å². The van der Waals surface area contributed by atoms with E-state index >= 15 is 0 Å². The molecule has 0 spiro atoms. The molecule has 2 amide bonds. The van der Waals surface area contributed by atoms with Crippen molar-refractivity contribution in [3.05, 3.63) is 29.6 Å². The summed E-state index contributed by atoms with van der Waals surface area (Å²) in [5.74, 6) is -1.79. The molecule has 20 heavy (non-hydrogen) atoms. The van der Waals surface area contributed by atoms with E-state index in [1.165, 1.54) is 12.1 Å². The van der Waals surface area contributed by atoms with Crippen LogP contribution in [-0.2, 0) is 4.79 Å². The van der Waals surface area contributed by atoms with Crippen LogP contribution in [0.25, 0.3) is 0 Å². The quantitative estimate of drug-likeness (QED) is 0.738. The largest absolute Gasteiger partial charge is 0.507 e. The van der Waals surface area contributed by atoms with E-state index in [0.29, 0.717) is 12.5 Å². The van der Waals surface area contributed by atoms with Crippen LogP contribution in [0.3, 0.4) is 0 Å². The van der Waals surface area contributed by atoms with Crippen LogP contribution in [0.15, 0.2) is 18.2 Å². The van der Waals surface area contributed by atoms with Crippen molar-refractivity contribution in [3.63, 3.8) is 0 Å². The summed E-state index contributed by atoms with van der Waals surface area (Å²) in [5, 5.41) is 14.5. The monoisotopic (exact) mass is 282 g/mol. The molecule has 110 valence electrons. The third-order valence-electron chi connectivity index (χ3n) is 2.56. The Hall–Kier alpha value is -2.11. The summed E-state index contributed by atoms with van der Waals surface area (Å²) in [4.78, 5) is 23.1. The molecule has 1 aromatic carbocycles. The first-order valence-corrected chi connectivity index (χ1v) is 6.44. The Morgan fingerprint density at radius 1 is 1.30 bits per heavy atom.